The minimum Gasteiger partial charge on any atom is -0.367 e. The number of nitrogens with one attached hydrogen (secondary N) is 2. The number of aromatic nitrogens is 1. The molecule has 3 rings (SSSR count). The molecule has 0 radical (unpaired) electrons. The summed E-state index contributed by atoms with van der Waals surface area (Å²) in [5, 5.41) is 3.37. The maximum atomic E-state index is 12.9. The van der Waals surface area contributed by atoms with E-state index in [4.69, 9.17) is 0 Å². The quantitative estimate of drug-likeness (QED) is 0.837. The fraction of sp³-hybridized carbons (Fsp3) is 0.353. The number of H-pyrrole nitrogens is 1. The predicted molar refractivity (Wildman–Crippen MR) is 79.9 cm³/mol. The summed E-state index contributed by atoms with van der Waals surface area (Å²) < 4.78 is 0. The van der Waals surface area contributed by atoms with Crippen molar-refractivity contribution in [2.75, 3.05) is 13.1 Å². The van der Waals surface area contributed by atoms with Gasteiger partial charge in [-0.3, -0.25) is 4.79 Å². The van der Waals surface area contributed by atoms with Crippen LogP contribution in [-0.2, 0) is 0 Å². The van der Waals surface area contributed by atoms with Gasteiger partial charge in [0.25, 0.3) is 0 Å². The van der Waals surface area contributed by atoms with Crippen LogP contribution in [0, 0.1) is 5.92 Å². The van der Waals surface area contributed by atoms with Crippen LogP contribution in [0.4, 0.5) is 0 Å². The molecule has 2 aromatic rings. The Balaban J connectivity index is 1.91. The number of carbonyl (C=O) groups excluding carboxylic acids is 1. The number of hydrogen-bond acceptors (Lipinski definition) is 2. The molecule has 3 heteroatoms. The first-order chi connectivity index (χ1) is 9.86. The van der Waals surface area contributed by atoms with E-state index in [1.165, 1.54) is 0 Å². The third-order valence-corrected chi connectivity index (χ3v) is 4.18. The van der Waals surface area contributed by atoms with E-state index in [1.54, 1.807) is 0 Å². The second-order valence-corrected chi connectivity index (χ2v) is 5.44. The Hall–Kier alpha value is -1.87. The van der Waals surface area contributed by atoms with Crippen molar-refractivity contribution in [3.8, 4) is 0 Å². The minimum atomic E-state index is -0.0225. The lowest BCUT2D eigenvalue weighted by Gasteiger charge is -2.29. The summed E-state index contributed by atoms with van der Waals surface area (Å²) in [6, 6.07) is 11.7. The highest BCUT2D eigenvalue weighted by Crippen LogP contribution is 2.33. The molecule has 1 saturated heterocycles. The van der Waals surface area contributed by atoms with Crippen LogP contribution in [0.25, 0.3) is 0 Å². The Labute approximate surface area is 119 Å². The van der Waals surface area contributed by atoms with Crippen molar-refractivity contribution in [1.82, 2.24) is 10.3 Å². The summed E-state index contributed by atoms with van der Waals surface area (Å²) in [5.74, 6) is 0.655. The van der Waals surface area contributed by atoms with E-state index in [1.807, 2.05) is 48.8 Å². The summed E-state index contributed by atoms with van der Waals surface area (Å²) in [6.07, 6.45) is 6.00. The monoisotopic (exact) mass is 268 g/mol. The Morgan fingerprint density at radius 2 is 1.85 bits per heavy atom. The zero-order valence-electron chi connectivity index (χ0n) is 11.5. The molecule has 104 valence electrons. The Morgan fingerprint density at radius 1 is 1.10 bits per heavy atom. The van der Waals surface area contributed by atoms with Crippen LogP contribution < -0.4 is 5.32 Å². The maximum Gasteiger partial charge on any atom is 0.170 e. The van der Waals surface area contributed by atoms with E-state index in [2.05, 4.69) is 10.3 Å². The van der Waals surface area contributed by atoms with Crippen molar-refractivity contribution >= 4 is 5.78 Å². The molecular formula is C17H20N2O. The zero-order valence-corrected chi connectivity index (χ0v) is 11.5. The number of hydrogen-bond donors (Lipinski definition) is 2. The van der Waals surface area contributed by atoms with Gasteiger partial charge in [-0.25, -0.2) is 0 Å². The molecule has 0 bridgehead atoms. The average molecular weight is 268 g/mol. The van der Waals surface area contributed by atoms with Crippen LogP contribution in [0.2, 0.25) is 0 Å². The highest BCUT2D eigenvalue weighted by molar-refractivity contribution is 6.01. The van der Waals surface area contributed by atoms with Gasteiger partial charge in [0.15, 0.2) is 5.78 Å². The van der Waals surface area contributed by atoms with E-state index < -0.39 is 0 Å². The van der Waals surface area contributed by atoms with Gasteiger partial charge in [-0.2, -0.15) is 0 Å². The molecule has 1 aromatic carbocycles. The fourth-order valence-electron chi connectivity index (χ4n) is 3.13. The van der Waals surface area contributed by atoms with Crippen LogP contribution >= 0.6 is 0 Å². The number of benzene rings is 1. The molecule has 0 saturated carbocycles. The van der Waals surface area contributed by atoms with E-state index in [-0.39, 0.29) is 11.7 Å². The molecule has 3 nitrogen and oxygen atoms in total. The molecule has 2 heterocycles. The average Bonchev–Trinajstić information content (AvgIpc) is 3.03. The molecule has 1 aliphatic heterocycles. The van der Waals surface area contributed by atoms with Gasteiger partial charge in [0.05, 0.1) is 5.92 Å². The number of Topliss-reactive ketones (excluding diaryl/α,β-unsaturated/α-hetero) is 1. The number of piperidine rings is 1. The molecule has 2 N–H and O–H groups in total. The summed E-state index contributed by atoms with van der Waals surface area (Å²) in [5.41, 5.74) is 1.93. The molecule has 1 aromatic heterocycles. The SMILES string of the molecule is O=C(c1ccccc1)C(c1cc[nH]c1)C1CCNCC1. The van der Waals surface area contributed by atoms with Gasteiger partial charge in [-0.15, -0.1) is 0 Å². The molecule has 0 aliphatic carbocycles. The molecule has 0 spiro atoms. The molecule has 1 fully saturated rings. The molecular weight excluding hydrogens is 248 g/mol. The van der Waals surface area contributed by atoms with Gasteiger partial charge in [0, 0.05) is 18.0 Å². The van der Waals surface area contributed by atoms with Crippen LogP contribution in [0.1, 0.15) is 34.7 Å². The maximum absolute atomic E-state index is 12.9. The summed E-state index contributed by atoms with van der Waals surface area (Å²) >= 11 is 0. The number of rotatable bonds is 4. The van der Waals surface area contributed by atoms with Crippen molar-refractivity contribution in [1.29, 1.82) is 0 Å². The number of aromatic amines is 1. The fourth-order valence-corrected chi connectivity index (χ4v) is 3.13. The van der Waals surface area contributed by atoms with Crippen LogP contribution in [0.5, 0.6) is 0 Å². The van der Waals surface area contributed by atoms with Crippen molar-refractivity contribution in [2.45, 2.75) is 18.8 Å². The lowest BCUT2D eigenvalue weighted by Crippen LogP contribution is -2.33. The largest absolute Gasteiger partial charge is 0.367 e. The predicted octanol–water partition coefficient (Wildman–Crippen LogP) is 2.98. The van der Waals surface area contributed by atoms with E-state index in [0.29, 0.717) is 5.92 Å². The Bertz CT molecular complexity index is 542. The Kier molecular flexibility index (Phi) is 3.97. The van der Waals surface area contributed by atoms with Crippen molar-refractivity contribution in [3.63, 3.8) is 0 Å². The van der Waals surface area contributed by atoms with E-state index >= 15 is 0 Å². The lowest BCUT2D eigenvalue weighted by molar-refractivity contribution is 0.0916. The third kappa shape index (κ3) is 2.68. The zero-order chi connectivity index (χ0) is 13.8. The second-order valence-electron chi connectivity index (χ2n) is 5.44. The second kappa shape index (κ2) is 6.06. The minimum absolute atomic E-state index is 0.0225. The first-order valence-corrected chi connectivity index (χ1v) is 7.29. The normalized spacial score (nSPS) is 17.8. The molecule has 1 unspecified atom stereocenters. The van der Waals surface area contributed by atoms with E-state index in [9.17, 15) is 4.79 Å². The Morgan fingerprint density at radius 3 is 2.50 bits per heavy atom. The molecule has 1 aliphatic rings. The van der Waals surface area contributed by atoms with Gasteiger partial charge in [0.2, 0.25) is 0 Å². The van der Waals surface area contributed by atoms with Gasteiger partial charge in [0.1, 0.15) is 0 Å². The van der Waals surface area contributed by atoms with Gasteiger partial charge in [-0.05, 0) is 43.5 Å². The smallest absolute Gasteiger partial charge is 0.170 e. The highest BCUT2D eigenvalue weighted by Gasteiger charge is 2.31. The number of ketones is 1. The molecule has 1 atom stereocenters. The first kappa shape index (κ1) is 13.1. The molecule has 0 amide bonds. The van der Waals surface area contributed by atoms with Crippen LogP contribution in [0.15, 0.2) is 48.8 Å². The van der Waals surface area contributed by atoms with E-state index in [0.717, 1.165) is 37.1 Å². The molecule has 20 heavy (non-hydrogen) atoms. The van der Waals surface area contributed by atoms with Crippen molar-refractivity contribution in [2.24, 2.45) is 5.92 Å². The van der Waals surface area contributed by atoms with Crippen molar-refractivity contribution in [3.05, 3.63) is 59.9 Å². The summed E-state index contributed by atoms with van der Waals surface area (Å²) in [7, 11) is 0. The number of carbonyl (C=O) groups is 1. The first-order valence-electron chi connectivity index (χ1n) is 7.29. The standard InChI is InChI=1S/C17H20N2O/c20-17(14-4-2-1-3-5-14)16(15-8-11-19-12-15)13-6-9-18-10-7-13/h1-5,8,11-13,16,18-19H,6-7,9-10H2. The lowest BCUT2D eigenvalue weighted by atomic mass is 9.77. The third-order valence-electron chi connectivity index (χ3n) is 4.18. The van der Waals surface area contributed by atoms with Crippen LogP contribution in [0.3, 0.4) is 0 Å². The summed E-state index contributed by atoms with van der Waals surface area (Å²) in [4.78, 5) is 16.0. The van der Waals surface area contributed by atoms with Gasteiger partial charge in [-0.1, -0.05) is 30.3 Å². The van der Waals surface area contributed by atoms with Crippen LogP contribution in [-0.4, -0.2) is 23.9 Å². The highest BCUT2D eigenvalue weighted by atomic mass is 16.1. The topological polar surface area (TPSA) is 44.9 Å². The van der Waals surface area contributed by atoms with Crippen molar-refractivity contribution < 1.29 is 4.79 Å². The van der Waals surface area contributed by atoms with Gasteiger partial charge >= 0.3 is 0 Å². The van der Waals surface area contributed by atoms with Gasteiger partial charge < -0.3 is 10.3 Å². The summed E-state index contributed by atoms with van der Waals surface area (Å²) in [6.45, 7) is 2.02.